The first-order valence-corrected chi connectivity index (χ1v) is 6.39. The van der Waals surface area contributed by atoms with Gasteiger partial charge in [-0.05, 0) is 38.1 Å². The van der Waals surface area contributed by atoms with Crippen molar-refractivity contribution in [1.29, 1.82) is 0 Å². The molecule has 0 unspecified atom stereocenters. The lowest BCUT2D eigenvalue weighted by atomic mass is 10.1. The maximum Gasteiger partial charge on any atom is 0.216 e. The third-order valence-electron chi connectivity index (χ3n) is 3.04. The van der Waals surface area contributed by atoms with Gasteiger partial charge in [0.05, 0.1) is 11.2 Å². The van der Waals surface area contributed by atoms with Crippen LogP contribution in [0.2, 0.25) is 0 Å². The molecule has 0 N–H and O–H groups in total. The first-order valence-electron chi connectivity index (χ1n) is 6.39. The molecule has 0 atom stereocenters. The van der Waals surface area contributed by atoms with Gasteiger partial charge in [-0.1, -0.05) is 18.2 Å². The number of pyridine rings is 1. The van der Waals surface area contributed by atoms with Crippen LogP contribution < -0.4 is 0 Å². The molecule has 0 radical (unpaired) electrons. The number of nitrogens with zero attached hydrogens (tertiary/aromatic N) is 2. The van der Waals surface area contributed by atoms with Crippen LogP contribution in [0.25, 0.3) is 11.3 Å². The van der Waals surface area contributed by atoms with Crippen molar-refractivity contribution < 1.29 is 4.74 Å². The number of hydrogen-bond donors (Lipinski definition) is 0. The Balaban J connectivity index is 1.98. The monoisotopic (exact) mass is 252 g/mol. The van der Waals surface area contributed by atoms with Crippen LogP contribution in [0.3, 0.4) is 0 Å². The minimum absolute atomic E-state index is 0.129. The average molecular weight is 252 g/mol. The summed E-state index contributed by atoms with van der Waals surface area (Å²) in [6.07, 6.45) is 1.80. The number of benzene rings is 1. The van der Waals surface area contributed by atoms with E-state index in [4.69, 9.17) is 4.74 Å². The van der Waals surface area contributed by atoms with Gasteiger partial charge in [-0.3, -0.25) is 4.98 Å². The largest absolute Gasteiger partial charge is 0.475 e. The quantitative estimate of drug-likeness (QED) is 0.821. The van der Waals surface area contributed by atoms with Crippen LogP contribution in [0.1, 0.15) is 19.4 Å². The topological polar surface area (TPSA) is 34.5 Å². The summed E-state index contributed by atoms with van der Waals surface area (Å²) in [6, 6.07) is 14.1. The van der Waals surface area contributed by atoms with E-state index in [0.29, 0.717) is 6.61 Å². The lowest BCUT2D eigenvalue weighted by Crippen LogP contribution is -2.17. The summed E-state index contributed by atoms with van der Waals surface area (Å²) in [5.41, 5.74) is 2.92. The molecule has 3 rings (SSSR count). The van der Waals surface area contributed by atoms with E-state index < -0.39 is 0 Å². The summed E-state index contributed by atoms with van der Waals surface area (Å²) >= 11 is 0. The number of ether oxygens (including phenoxy) is 1. The zero-order valence-electron chi connectivity index (χ0n) is 11.1. The minimum atomic E-state index is -0.129. The molecular formula is C16H16N2O. The SMILES string of the molecule is CC1(C)COC(c2cccc(-c3ccccn3)c2)=N1. The third kappa shape index (κ3) is 2.50. The molecule has 1 aliphatic rings. The smallest absolute Gasteiger partial charge is 0.216 e. The highest BCUT2D eigenvalue weighted by molar-refractivity contribution is 5.96. The van der Waals surface area contributed by atoms with Gasteiger partial charge in [0.25, 0.3) is 0 Å². The lowest BCUT2D eigenvalue weighted by molar-refractivity contribution is 0.279. The van der Waals surface area contributed by atoms with Crippen molar-refractivity contribution in [2.75, 3.05) is 6.61 Å². The molecular weight excluding hydrogens is 236 g/mol. The van der Waals surface area contributed by atoms with Crippen molar-refractivity contribution in [3.63, 3.8) is 0 Å². The van der Waals surface area contributed by atoms with Crippen LogP contribution in [-0.4, -0.2) is 23.0 Å². The van der Waals surface area contributed by atoms with Gasteiger partial charge in [-0.2, -0.15) is 0 Å². The molecule has 2 aromatic rings. The molecule has 1 aromatic carbocycles. The molecule has 2 heterocycles. The second-order valence-electron chi connectivity index (χ2n) is 5.31. The molecule has 0 saturated heterocycles. The van der Waals surface area contributed by atoms with Crippen LogP contribution in [-0.2, 0) is 4.74 Å². The Hall–Kier alpha value is -2.16. The Morgan fingerprint density at radius 1 is 1.05 bits per heavy atom. The molecule has 1 aromatic heterocycles. The first-order chi connectivity index (χ1) is 9.14. The fourth-order valence-electron chi connectivity index (χ4n) is 2.08. The van der Waals surface area contributed by atoms with E-state index in [1.165, 1.54) is 0 Å². The predicted molar refractivity (Wildman–Crippen MR) is 76.2 cm³/mol. The maximum atomic E-state index is 5.67. The van der Waals surface area contributed by atoms with Gasteiger partial charge in [0, 0.05) is 17.3 Å². The summed E-state index contributed by atoms with van der Waals surface area (Å²) in [7, 11) is 0. The van der Waals surface area contributed by atoms with Gasteiger partial charge in [0.15, 0.2) is 0 Å². The van der Waals surface area contributed by atoms with E-state index in [2.05, 4.69) is 29.9 Å². The van der Waals surface area contributed by atoms with E-state index >= 15 is 0 Å². The van der Waals surface area contributed by atoms with Gasteiger partial charge in [0.2, 0.25) is 5.90 Å². The molecule has 0 bridgehead atoms. The zero-order valence-corrected chi connectivity index (χ0v) is 11.1. The van der Waals surface area contributed by atoms with E-state index in [9.17, 15) is 0 Å². The molecule has 0 aliphatic carbocycles. The zero-order chi connectivity index (χ0) is 13.3. The number of rotatable bonds is 2. The minimum Gasteiger partial charge on any atom is -0.475 e. The van der Waals surface area contributed by atoms with Crippen molar-refractivity contribution in [2.24, 2.45) is 4.99 Å². The summed E-state index contributed by atoms with van der Waals surface area (Å²) in [5, 5.41) is 0. The maximum absolute atomic E-state index is 5.67. The fraction of sp³-hybridized carbons (Fsp3) is 0.250. The fourth-order valence-corrected chi connectivity index (χ4v) is 2.08. The van der Waals surface area contributed by atoms with E-state index in [1.807, 2.05) is 36.4 Å². The lowest BCUT2D eigenvalue weighted by Gasteiger charge is -2.07. The summed E-state index contributed by atoms with van der Waals surface area (Å²) in [5.74, 6) is 0.725. The molecule has 96 valence electrons. The molecule has 1 aliphatic heterocycles. The van der Waals surface area contributed by atoms with E-state index in [1.54, 1.807) is 6.20 Å². The average Bonchev–Trinajstić information content (AvgIpc) is 2.80. The van der Waals surface area contributed by atoms with Gasteiger partial charge in [-0.25, -0.2) is 4.99 Å². The van der Waals surface area contributed by atoms with Crippen molar-refractivity contribution in [2.45, 2.75) is 19.4 Å². The van der Waals surface area contributed by atoms with Crippen LogP contribution in [0, 0.1) is 0 Å². The van der Waals surface area contributed by atoms with Crippen molar-refractivity contribution in [3.05, 3.63) is 54.2 Å². The second-order valence-corrected chi connectivity index (χ2v) is 5.31. The normalized spacial score (nSPS) is 16.8. The van der Waals surface area contributed by atoms with Gasteiger partial charge in [-0.15, -0.1) is 0 Å². The van der Waals surface area contributed by atoms with Gasteiger partial charge >= 0.3 is 0 Å². The van der Waals surface area contributed by atoms with Crippen LogP contribution >= 0.6 is 0 Å². The molecule has 0 spiro atoms. The Morgan fingerprint density at radius 2 is 1.89 bits per heavy atom. The standard InChI is InChI=1S/C16H16N2O/c1-16(2)11-19-15(18-16)13-7-5-6-12(10-13)14-8-3-4-9-17-14/h3-10H,11H2,1-2H3. The van der Waals surface area contributed by atoms with Crippen LogP contribution in [0.4, 0.5) is 0 Å². The number of aliphatic imine (C=N–C) groups is 1. The van der Waals surface area contributed by atoms with Gasteiger partial charge < -0.3 is 4.74 Å². The summed E-state index contributed by atoms with van der Waals surface area (Å²) in [6.45, 7) is 4.78. The highest BCUT2D eigenvalue weighted by Crippen LogP contribution is 2.23. The molecule has 0 amide bonds. The first kappa shape index (κ1) is 11.9. The molecule has 0 fully saturated rings. The molecule has 3 nitrogen and oxygen atoms in total. The summed E-state index contributed by atoms with van der Waals surface area (Å²) in [4.78, 5) is 8.96. The van der Waals surface area contributed by atoms with Crippen molar-refractivity contribution in [1.82, 2.24) is 4.98 Å². The van der Waals surface area contributed by atoms with E-state index in [0.717, 1.165) is 22.7 Å². The Labute approximate surface area is 113 Å². The van der Waals surface area contributed by atoms with Crippen molar-refractivity contribution >= 4 is 5.90 Å². The Morgan fingerprint density at radius 3 is 2.58 bits per heavy atom. The second kappa shape index (κ2) is 4.50. The van der Waals surface area contributed by atoms with Crippen molar-refractivity contribution in [3.8, 4) is 11.3 Å². The van der Waals surface area contributed by atoms with E-state index in [-0.39, 0.29) is 5.54 Å². The van der Waals surface area contributed by atoms with Crippen LogP contribution in [0.5, 0.6) is 0 Å². The Bertz CT molecular complexity index is 618. The highest BCUT2D eigenvalue weighted by Gasteiger charge is 2.27. The number of aromatic nitrogens is 1. The highest BCUT2D eigenvalue weighted by atomic mass is 16.5. The van der Waals surface area contributed by atoms with Gasteiger partial charge in [0.1, 0.15) is 6.61 Å². The Kier molecular flexibility index (Phi) is 2.82. The molecule has 3 heteroatoms. The third-order valence-corrected chi connectivity index (χ3v) is 3.04. The van der Waals surface area contributed by atoms with Crippen LogP contribution in [0.15, 0.2) is 53.7 Å². The predicted octanol–water partition coefficient (Wildman–Crippen LogP) is 3.30. The molecule has 0 saturated carbocycles. The summed E-state index contributed by atoms with van der Waals surface area (Å²) < 4.78 is 5.67. The molecule has 19 heavy (non-hydrogen) atoms. The number of hydrogen-bond acceptors (Lipinski definition) is 3.